The lowest BCUT2D eigenvalue weighted by Crippen LogP contribution is -1.88. The van der Waals surface area contributed by atoms with Crippen molar-refractivity contribution in [2.24, 2.45) is 0 Å². The van der Waals surface area contributed by atoms with E-state index in [2.05, 4.69) is 112 Å². The van der Waals surface area contributed by atoms with Gasteiger partial charge in [-0.05, 0) is 104 Å². The highest BCUT2D eigenvalue weighted by Gasteiger charge is 2.15. The third kappa shape index (κ3) is 9.73. The van der Waals surface area contributed by atoms with Crippen molar-refractivity contribution in [2.75, 3.05) is 0 Å². The number of nitrogens with zero attached hydrogens (tertiary/aromatic N) is 2. The zero-order valence-corrected chi connectivity index (χ0v) is 31.4. The molecule has 0 atom stereocenters. The van der Waals surface area contributed by atoms with Crippen LogP contribution in [-0.4, -0.2) is 10.1 Å². The highest BCUT2D eigenvalue weighted by Crippen LogP contribution is 2.39. The molecule has 0 saturated heterocycles. The van der Waals surface area contributed by atoms with Crippen LogP contribution in [0.4, 0.5) is 0 Å². The Bertz CT molecular complexity index is 1480. The topological polar surface area (TPSA) is 38.9 Å². The van der Waals surface area contributed by atoms with E-state index in [1.807, 2.05) is 22.7 Å². The number of rotatable bonds is 18. The molecule has 0 bridgehead atoms. The number of benzene rings is 2. The number of aromatic nitrogens is 2. The molecule has 0 amide bonds. The van der Waals surface area contributed by atoms with E-state index in [1.54, 1.807) is 0 Å². The van der Waals surface area contributed by atoms with Crippen LogP contribution in [0.25, 0.3) is 43.7 Å². The summed E-state index contributed by atoms with van der Waals surface area (Å²) in [7, 11) is 0. The van der Waals surface area contributed by atoms with Crippen molar-refractivity contribution in [1.82, 2.24) is 10.1 Å². The lowest BCUT2D eigenvalue weighted by Gasteiger charge is -2.05. The lowest BCUT2D eigenvalue weighted by molar-refractivity contribution is 0.432. The minimum atomic E-state index is 0.545. The Morgan fingerprint density at radius 3 is 1.47 bits per heavy atom. The smallest absolute Gasteiger partial charge is 0.258 e. The molecule has 5 rings (SSSR count). The van der Waals surface area contributed by atoms with Gasteiger partial charge in [-0.15, -0.1) is 22.7 Å². The van der Waals surface area contributed by atoms with E-state index < -0.39 is 0 Å². The van der Waals surface area contributed by atoms with Gasteiger partial charge in [0.05, 0.1) is 7.57 Å². The Balaban J connectivity index is 1.21. The fraction of sp³-hybridized carbons (Fsp3) is 0.421. The average Bonchev–Trinajstić information content (AvgIpc) is 3.79. The second kappa shape index (κ2) is 17.7. The van der Waals surface area contributed by atoms with Crippen molar-refractivity contribution >= 4 is 54.5 Å². The van der Waals surface area contributed by atoms with Gasteiger partial charge in [-0.3, -0.25) is 0 Å². The summed E-state index contributed by atoms with van der Waals surface area (Å²) in [6, 6.07) is 21.7. The van der Waals surface area contributed by atoms with Gasteiger partial charge in [-0.2, -0.15) is 4.98 Å². The van der Waals surface area contributed by atoms with Gasteiger partial charge in [0, 0.05) is 20.9 Å². The van der Waals surface area contributed by atoms with E-state index in [1.165, 1.54) is 117 Å². The summed E-state index contributed by atoms with van der Waals surface area (Å²) in [5, 5.41) is 4.32. The molecule has 238 valence electrons. The molecule has 0 aliphatic heterocycles. The predicted molar refractivity (Wildman–Crippen MR) is 201 cm³/mol. The third-order valence-corrected chi connectivity index (χ3v) is 11.8. The number of halogens is 2. The summed E-state index contributed by atoms with van der Waals surface area (Å²) in [6.45, 7) is 4.54. The standard InChI is InChI=1S/C38H44Br2N2OS2/c1-3-5-7-9-11-13-15-31-25-33(39)44-35(31)27-17-21-29(22-18-27)37-41-38(43-42-37)30-23-19-28(20-24-30)36-32(26-34(40)45-36)16-14-12-10-8-6-4-2/h17-26H,3-16H2,1-2H3. The van der Waals surface area contributed by atoms with Gasteiger partial charge >= 0.3 is 0 Å². The predicted octanol–water partition coefficient (Wildman–Crippen LogP) is 14.2. The first-order valence-electron chi connectivity index (χ1n) is 16.7. The first-order chi connectivity index (χ1) is 22.1. The van der Waals surface area contributed by atoms with Gasteiger partial charge in [-0.25, -0.2) is 0 Å². The molecule has 0 N–H and O–H groups in total. The fourth-order valence-electron chi connectivity index (χ4n) is 5.83. The minimum Gasteiger partial charge on any atom is -0.334 e. The van der Waals surface area contributed by atoms with E-state index in [4.69, 9.17) is 9.51 Å². The number of unbranched alkanes of at least 4 members (excludes halogenated alkanes) is 10. The van der Waals surface area contributed by atoms with E-state index in [0.717, 1.165) is 24.0 Å². The average molecular weight is 769 g/mol. The van der Waals surface area contributed by atoms with Crippen LogP contribution in [0.2, 0.25) is 0 Å². The fourth-order valence-corrected chi connectivity index (χ4v) is 9.24. The molecule has 7 heteroatoms. The molecule has 5 aromatic rings. The van der Waals surface area contributed by atoms with E-state index in [0.29, 0.717) is 11.7 Å². The molecule has 0 radical (unpaired) electrons. The highest BCUT2D eigenvalue weighted by molar-refractivity contribution is 9.11. The van der Waals surface area contributed by atoms with Gasteiger partial charge in [-0.1, -0.05) is 120 Å². The molecule has 0 unspecified atom stereocenters. The van der Waals surface area contributed by atoms with Crippen molar-refractivity contribution in [3.63, 3.8) is 0 Å². The molecule has 2 aromatic carbocycles. The monoisotopic (exact) mass is 766 g/mol. The van der Waals surface area contributed by atoms with Gasteiger partial charge < -0.3 is 4.52 Å². The second-order valence-electron chi connectivity index (χ2n) is 11.9. The van der Waals surface area contributed by atoms with Crippen LogP contribution in [0.15, 0.2) is 72.8 Å². The molecule has 3 nitrogen and oxygen atoms in total. The Labute approximate surface area is 294 Å². The van der Waals surface area contributed by atoms with Gasteiger partial charge in [0.2, 0.25) is 5.82 Å². The van der Waals surface area contributed by atoms with Crippen LogP contribution in [0, 0.1) is 0 Å². The number of hydrogen-bond donors (Lipinski definition) is 0. The zero-order valence-electron chi connectivity index (χ0n) is 26.5. The summed E-state index contributed by atoms with van der Waals surface area (Å²) in [4.78, 5) is 7.45. The molecular formula is C38H44Br2N2OS2. The highest BCUT2D eigenvalue weighted by atomic mass is 79.9. The first kappa shape index (κ1) is 34.3. The lowest BCUT2D eigenvalue weighted by atomic mass is 10.0. The SMILES string of the molecule is CCCCCCCCc1cc(Br)sc1-c1ccc(-c2noc(-c3ccc(-c4sc(Br)cc4CCCCCCCC)cc3)n2)cc1. The molecule has 3 aromatic heterocycles. The quantitative estimate of drug-likeness (QED) is 0.0834. The van der Waals surface area contributed by atoms with E-state index in [9.17, 15) is 0 Å². The van der Waals surface area contributed by atoms with Crippen LogP contribution in [0.3, 0.4) is 0 Å². The van der Waals surface area contributed by atoms with E-state index >= 15 is 0 Å². The van der Waals surface area contributed by atoms with Crippen LogP contribution >= 0.6 is 54.5 Å². The Morgan fingerprint density at radius 1 is 0.556 bits per heavy atom. The molecule has 3 heterocycles. The molecule has 0 spiro atoms. The Kier molecular flexibility index (Phi) is 13.5. The first-order valence-corrected chi connectivity index (χ1v) is 19.9. The molecule has 0 aliphatic carbocycles. The normalized spacial score (nSPS) is 11.5. The van der Waals surface area contributed by atoms with Crippen molar-refractivity contribution < 1.29 is 4.52 Å². The molecule has 0 fully saturated rings. The van der Waals surface area contributed by atoms with Crippen LogP contribution < -0.4 is 0 Å². The van der Waals surface area contributed by atoms with Gasteiger partial charge in [0.25, 0.3) is 5.89 Å². The molecular weight excluding hydrogens is 724 g/mol. The van der Waals surface area contributed by atoms with Crippen molar-refractivity contribution in [2.45, 2.75) is 104 Å². The molecule has 0 aliphatic rings. The second-order valence-corrected chi connectivity index (χ2v) is 16.8. The maximum Gasteiger partial charge on any atom is 0.258 e. The number of aryl methyl sites for hydroxylation is 2. The summed E-state index contributed by atoms with van der Waals surface area (Å²) in [6.07, 6.45) is 18.0. The molecule has 45 heavy (non-hydrogen) atoms. The van der Waals surface area contributed by atoms with Crippen molar-refractivity contribution in [3.05, 3.63) is 79.4 Å². The van der Waals surface area contributed by atoms with Crippen LogP contribution in [-0.2, 0) is 12.8 Å². The van der Waals surface area contributed by atoms with Crippen LogP contribution in [0.5, 0.6) is 0 Å². The van der Waals surface area contributed by atoms with Crippen LogP contribution in [0.1, 0.15) is 102 Å². The summed E-state index contributed by atoms with van der Waals surface area (Å²) >= 11 is 11.1. The Morgan fingerprint density at radius 2 is 0.978 bits per heavy atom. The summed E-state index contributed by atoms with van der Waals surface area (Å²) in [5.74, 6) is 1.16. The zero-order chi connectivity index (χ0) is 31.4. The number of hydrogen-bond acceptors (Lipinski definition) is 5. The minimum absolute atomic E-state index is 0.545. The maximum absolute atomic E-state index is 5.72. The Hall–Kier alpha value is -2.06. The largest absolute Gasteiger partial charge is 0.334 e. The maximum atomic E-state index is 5.72. The van der Waals surface area contributed by atoms with Crippen molar-refractivity contribution in [1.29, 1.82) is 0 Å². The molecule has 0 saturated carbocycles. The number of thiophene rings is 2. The van der Waals surface area contributed by atoms with Gasteiger partial charge in [0.1, 0.15) is 0 Å². The van der Waals surface area contributed by atoms with Crippen molar-refractivity contribution in [3.8, 4) is 43.7 Å². The summed E-state index contributed by atoms with van der Waals surface area (Å²) < 4.78 is 8.10. The van der Waals surface area contributed by atoms with Gasteiger partial charge in [0.15, 0.2) is 0 Å². The van der Waals surface area contributed by atoms with E-state index in [-0.39, 0.29) is 0 Å². The summed E-state index contributed by atoms with van der Waals surface area (Å²) in [5.41, 5.74) is 7.24. The third-order valence-electron chi connectivity index (χ3n) is 8.38.